The van der Waals surface area contributed by atoms with Crippen molar-refractivity contribution < 1.29 is 18.7 Å². The Kier molecular flexibility index (Phi) is 5.33. The Morgan fingerprint density at radius 3 is 2.54 bits per heavy atom. The van der Waals surface area contributed by atoms with Crippen LogP contribution in [0.2, 0.25) is 0 Å². The predicted molar refractivity (Wildman–Crippen MR) is 87.2 cm³/mol. The lowest BCUT2D eigenvalue weighted by Gasteiger charge is -2.09. The maximum absolute atomic E-state index is 14.1. The molecule has 0 fully saturated rings. The van der Waals surface area contributed by atoms with Crippen LogP contribution >= 0.6 is 0 Å². The first kappa shape index (κ1) is 17.7. The number of nitrogens with zero attached hydrogens (tertiary/aromatic N) is 2. The standard InChI is InChI=1S/C17H20FN3O3/c1-4-6-12-15(17(19)23)20-21(16(12)10(3)22)11-7-8-14(24-5-2)13(18)9-11/h7-9H,4-6H2,1-3H3,(H2,19,23). The monoisotopic (exact) mass is 333 g/mol. The number of carbonyl (C=O) groups excluding carboxylic acids is 2. The minimum Gasteiger partial charge on any atom is -0.491 e. The average molecular weight is 333 g/mol. The van der Waals surface area contributed by atoms with Crippen molar-refractivity contribution >= 4 is 11.7 Å². The highest BCUT2D eigenvalue weighted by atomic mass is 19.1. The summed E-state index contributed by atoms with van der Waals surface area (Å²) in [5, 5.41) is 4.15. The van der Waals surface area contributed by atoms with Gasteiger partial charge < -0.3 is 10.5 Å². The fourth-order valence-corrected chi connectivity index (χ4v) is 2.58. The second-order valence-corrected chi connectivity index (χ2v) is 5.31. The van der Waals surface area contributed by atoms with Gasteiger partial charge in [0.1, 0.15) is 5.69 Å². The lowest BCUT2D eigenvalue weighted by molar-refractivity contribution is 0.0991. The summed E-state index contributed by atoms with van der Waals surface area (Å²) in [4.78, 5) is 23.8. The zero-order valence-corrected chi connectivity index (χ0v) is 13.9. The van der Waals surface area contributed by atoms with Crippen LogP contribution in [0.1, 0.15) is 53.7 Å². The predicted octanol–water partition coefficient (Wildman–Crippen LogP) is 2.66. The van der Waals surface area contributed by atoms with Gasteiger partial charge in [0.05, 0.1) is 12.3 Å². The zero-order chi connectivity index (χ0) is 17.9. The van der Waals surface area contributed by atoms with Crippen molar-refractivity contribution in [1.29, 1.82) is 0 Å². The fourth-order valence-electron chi connectivity index (χ4n) is 2.58. The summed E-state index contributed by atoms with van der Waals surface area (Å²) in [5.74, 6) is -1.45. The molecule has 6 nitrogen and oxygen atoms in total. The van der Waals surface area contributed by atoms with Crippen molar-refractivity contribution in [3.63, 3.8) is 0 Å². The summed E-state index contributed by atoms with van der Waals surface area (Å²) in [7, 11) is 0. The summed E-state index contributed by atoms with van der Waals surface area (Å²) in [6.07, 6.45) is 1.19. The van der Waals surface area contributed by atoms with Gasteiger partial charge in [-0.3, -0.25) is 9.59 Å². The number of nitrogens with two attached hydrogens (primary N) is 1. The molecule has 0 saturated heterocycles. The van der Waals surface area contributed by atoms with E-state index in [-0.39, 0.29) is 22.9 Å². The molecule has 0 unspecified atom stereocenters. The number of amides is 1. The van der Waals surface area contributed by atoms with E-state index in [1.165, 1.54) is 23.7 Å². The highest BCUT2D eigenvalue weighted by Crippen LogP contribution is 2.25. The van der Waals surface area contributed by atoms with Crippen LogP contribution in [-0.2, 0) is 6.42 Å². The van der Waals surface area contributed by atoms with Crippen LogP contribution in [0.3, 0.4) is 0 Å². The SMILES string of the molecule is CCCc1c(C(N)=O)nn(-c2ccc(OCC)c(F)c2)c1C(C)=O. The number of hydrogen-bond donors (Lipinski definition) is 1. The van der Waals surface area contributed by atoms with E-state index in [0.717, 1.165) is 0 Å². The fraction of sp³-hybridized carbons (Fsp3) is 0.353. The quantitative estimate of drug-likeness (QED) is 0.789. The third-order valence-corrected chi connectivity index (χ3v) is 3.51. The Balaban J connectivity index is 2.65. The largest absolute Gasteiger partial charge is 0.491 e. The second-order valence-electron chi connectivity index (χ2n) is 5.31. The summed E-state index contributed by atoms with van der Waals surface area (Å²) in [5.41, 5.74) is 6.48. The first-order valence-electron chi connectivity index (χ1n) is 7.76. The van der Waals surface area contributed by atoms with Crippen molar-refractivity contribution in [3.8, 4) is 11.4 Å². The first-order chi connectivity index (χ1) is 11.4. The number of carbonyl (C=O) groups is 2. The van der Waals surface area contributed by atoms with Crippen LogP contribution in [-0.4, -0.2) is 28.1 Å². The molecule has 2 aromatic rings. The molecule has 0 aliphatic rings. The molecule has 7 heteroatoms. The molecule has 0 atom stereocenters. The third-order valence-electron chi connectivity index (χ3n) is 3.51. The number of halogens is 1. The van der Waals surface area contributed by atoms with Crippen molar-refractivity contribution in [1.82, 2.24) is 9.78 Å². The van der Waals surface area contributed by atoms with Gasteiger partial charge >= 0.3 is 0 Å². The molecule has 0 aliphatic carbocycles. The van der Waals surface area contributed by atoms with E-state index in [4.69, 9.17) is 10.5 Å². The lowest BCUT2D eigenvalue weighted by atomic mass is 10.0. The van der Waals surface area contributed by atoms with Crippen molar-refractivity contribution in [2.75, 3.05) is 6.61 Å². The number of primary amides is 1. The molecule has 2 N–H and O–H groups in total. The average Bonchev–Trinajstić information content (AvgIpc) is 2.89. The van der Waals surface area contributed by atoms with E-state index in [9.17, 15) is 14.0 Å². The maximum atomic E-state index is 14.1. The van der Waals surface area contributed by atoms with Gasteiger partial charge in [-0.25, -0.2) is 9.07 Å². The van der Waals surface area contributed by atoms with Crippen molar-refractivity contribution in [2.45, 2.75) is 33.6 Å². The van der Waals surface area contributed by atoms with Crippen molar-refractivity contribution in [3.05, 3.63) is 41.0 Å². The van der Waals surface area contributed by atoms with Crippen LogP contribution in [0.25, 0.3) is 5.69 Å². The van der Waals surface area contributed by atoms with Crippen LogP contribution < -0.4 is 10.5 Å². The molecule has 0 radical (unpaired) electrons. The Morgan fingerprint density at radius 1 is 1.33 bits per heavy atom. The van der Waals surface area contributed by atoms with Gasteiger partial charge in [-0.05, 0) is 25.5 Å². The van der Waals surface area contributed by atoms with Crippen LogP contribution in [0.4, 0.5) is 4.39 Å². The van der Waals surface area contributed by atoms with Crippen LogP contribution in [0.15, 0.2) is 18.2 Å². The molecular formula is C17H20FN3O3. The number of ketones is 1. The molecule has 0 saturated carbocycles. The molecular weight excluding hydrogens is 313 g/mol. The Hall–Kier alpha value is -2.70. The van der Waals surface area contributed by atoms with Gasteiger partial charge in [-0.1, -0.05) is 13.3 Å². The van der Waals surface area contributed by atoms with Gasteiger partial charge in [-0.15, -0.1) is 0 Å². The van der Waals surface area contributed by atoms with Crippen LogP contribution in [0.5, 0.6) is 5.75 Å². The van der Waals surface area contributed by atoms with Gasteiger partial charge in [0.25, 0.3) is 5.91 Å². The van der Waals surface area contributed by atoms with Gasteiger partial charge in [0.15, 0.2) is 23.0 Å². The van der Waals surface area contributed by atoms with E-state index in [1.807, 2.05) is 6.92 Å². The number of ether oxygens (including phenoxy) is 1. The molecule has 1 heterocycles. The van der Waals surface area contributed by atoms with E-state index in [0.29, 0.717) is 30.7 Å². The zero-order valence-electron chi connectivity index (χ0n) is 13.9. The Labute approximate surface area is 139 Å². The highest BCUT2D eigenvalue weighted by Gasteiger charge is 2.24. The van der Waals surface area contributed by atoms with Gasteiger partial charge in [0.2, 0.25) is 0 Å². The molecule has 1 aromatic heterocycles. The van der Waals surface area contributed by atoms with Crippen LogP contribution in [0, 0.1) is 5.82 Å². The Bertz CT molecular complexity index is 784. The van der Waals surface area contributed by atoms with Gasteiger partial charge in [0, 0.05) is 18.6 Å². The van der Waals surface area contributed by atoms with E-state index in [1.54, 1.807) is 13.0 Å². The topological polar surface area (TPSA) is 87.2 Å². The Morgan fingerprint density at radius 2 is 2.04 bits per heavy atom. The van der Waals surface area contributed by atoms with E-state index < -0.39 is 11.7 Å². The number of rotatable bonds is 7. The third kappa shape index (κ3) is 3.29. The molecule has 0 aliphatic heterocycles. The van der Waals surface area contributed by atoms with Gasteiger partial charge in [-0.2, -0.15) is 5.10 Å². The molecule has 1 aromatic carbocycles. The normalized spacial score (nSPS) is 10.7. The second kappa shape index (κ2) is 7.25. The number of hydrogen-bond acceptors (Lipinski definition) is 4. The summed E-state index contributed by atoms with van der Waals surface area (Å²) in [6.45, 7) is 5.39. The molecule has 24 heavy (non-hydrogen) atoms. The number of benzene rings is 1. The molecule has 0 bridgehead atoms. The molecule has 0 spiro atoms. The summed E-state index contributed by atoms with van der Waals surface area (Å²) in [6, 6.07) is 4.25. The van der Waals surface area contributed by atoms with Crippen molar-refractivity contribution in [2.24, 2.45) is 5.73 Å². The lowest BCUT2D eigenvalue weighted by Crippen LogP contribution is -2.14. The minimum absolute atomic E-state index is 0.0383. The van der Waals surface area contributed by atoms with E-state index in [2.05, 4.69) is 5.10 Å². The molecule has 2 rings (SSSR count). The highest BCUT2D eigenvalue weighted by molar-refractivity contribution is 6.00. The van der Waals surface area contributed by atoms with E-state index >= 15 is 0 Å². The summed E-state index contributed by atoms with van der Waals surface area (Å²) >= 11 is 0. The minimum atomic E-state index is -0.717. The smallest absolute Gasteiger partial charge is 0.269 e. The number of Topliss-reactive ketones (excluding diaryl/α,β-unsaturated/α-hetero) is 1. The number of aromatic nitrogens is 2. The summed E-state index contributed by atoms with van der Waals surface area (Å²) < 4.78 is 20.6. The maximum Gasteiger partial charge on any atom is 0.269 e. The first-order valence-corrected chi connectivity index (χ1v) is 7.76. The molecule has 128 valence electrons. The molecule has 1 amide bonds.